The third-order valence-electron chi connectivity index (χ3n) is 3.66. The van der Waals surface area contributed by atoms with Gasteiger partial charge in [0.05, 0.1) is 31.2 Å². The number of aliphatic hydroxyl groups excluding tert-OH is 1. The molecule has 1 unspecified atom stereocenters. The zero-order valence-corrected chi connectivity index (χ0v) is 13.3. The number of nitrogens with zero attached hydrogens (tertiary/aromatic N) is 7. The first-order valence-corrected chi connectivity index (χ1v) is 7.50. The van der Waals surface area contributed by atoms with E-state index in [9.17, 15) is 5.11 Å². The minimum absolute atomic E-state index is 0.0657. The molecule has 0 saturated carbocycles. The molecule has 11 nitrogen and oxygen atoms in total. The fourth-order valence-corrected chi connectivity index (χ4v) is 2.69. The van der Waals surface area contributed by atoms with Gasteiger partial charge in [-0.05, 0) is 19.4 Å². The number of hydrogen-bond donors (Lipinski definition) is 2. The Morgan fingerprint density at radius 3 is 3.04 bits per heavy atom. The molecule has 11 heteroatoms. The first-order valence-electron chi connectivity index (χ1n) is 7.50. The van der Waals surface area contributed by atoms with Crippen molar-refractivity contribution in [2.75, 3.05) is 12.3 Å². The molecule has 1 fully saturated rings. The number of anilines is 1. The largest absolute Gasteiger partial charge is 0.473 e. The van der Waals surface area contributed by atoms with Gasteiger partial charge in [-0.15, -0.1) is 0 Å². The standard InChI is InChI=1S/C13H18N8O3/c1-6(2)23-12-10-11(17-13(14)18-12)16-5-21(10)9-3-7(19-20-15)8(4-22)24-9/h5-9,22H,3-4H2,1-2H3,(H2,14,17,18)/t7?,8-,9-/m1/s1. The van der Waals surface area contributed by atoms with Gasteiger partial charge in [0.1, 0.15) is 6.23 Å². The molecule has 1 aliphatic heterocycles. The molecule has 3 rings (SSSR count). The summed E-state index contributed by atoms with van der Waals surface area (Å²) in [5, 5.41) is 13.1. The monoisotopic (exact) mass is 334 g/mol. The van der Waals surface area contributed by atoms with Crippen molar-refractivity contribution in [1.82, 2.24) is 19.5 Å². The van der Waals surface area contributed by atoms with Gasteiger partial charge in [-0.1, -0.05) is 5.11 Å². The smallest absolute Gasteiger partial charge is 0.245 e. The lowest BCUT2D eigenvalue weighted by molar-refractivity contribution is -0.0232. The third kappa shape index (κ3) is 2.92. The second-order valence-corrected chi connectivity index (χ2v) is 5.70. The fourth-order valence-electron chi connectivity index (χ4n) is 2.69. The van der Waals surface area contributed by atoms with E-state index in [1.807, 2.05) is 13.8 Å². The van der Waals surface area contributed by atoms with Crippen molar-refractivity contribution >= 4 is 17.1 Å². The quantitative estimate of drug-likeness (QED) is 0.471. The summed E-state index contributed by atoms with van der Waals surface area (Å²) >= 11 is 0. The Hall–Kier alpha value is -2.62. The number of imidazole rings is 1. The van der Waals surface area contributed by atoms with Crippen LogP contribution in [-0.2, 0) is 4.74 Å². The van der Waals surface area contributed by atoms with Gasteiger partial charge in [-0.25, -0.2) is 4.98 Å². The van der Waals surface area contributed by atoms with Crippen LogP contribution in [0, 0.1) is 0 Å². The number of aliphatic hydroxyl groups is 1. The normalized spacial score (nSPS) is 23.6. The minimum atomic E-state index is -0.576. The average molecular weight is 334 g/mol. The van der Waals surface area contributed by atoms with Crippen LogP contribution >= 0.6 is 0 Å². The van der Waals surface area contributed by atoms with Crippen LogP contribution in [-0.4, -0.2) is 49.5 Å². The van der Waals surface area contributed by atoms with Crippen molar-refractivity contribution in [2.24, 2.45) is 5.11 Å². The lowest BCUT2D eigenvalue weighted by atomic mass is 10.1. The summed E-state index contributed by atoms with van der Waals surface area (Å²) in [5.41, 5.74) is 15.3. The molecule has 0 aliphatic carbocycles. The van der Waals surface area contributed by atoms with Crippen LogP contribution in [0.4, 0.5) is 5.95 Å². The highest BCUT2D eigenvalue weighted by Gasteiger charge is 2.36. The predicted octanol–water partition coefficient (Wildman–Crippen LogP) is 1.15. The molecule has 1 saturated heterocycles. The topological polar surface area (TPSA) is 157 Å². The lowest BCUT2D eigenvalue weighted by Gasteiger charge is -2.16. The number of nitrogen functional groups attached to an aromatic ring is 1. The SMILES string of the molecule is CC(C)Oc1nc(N)nc2ncn([C@H]3CC(N=[N+]=[N-])[C@@H](CO)O3)c12. The van der Waals surface area contributed by atoms with Crippen molar-refractivity contribution in [2.45, 2.75) is 44.7 Å². The number of aromatic nitrogens is 4. The molecule has 0 spiro atoms. The molecule has 0 aromatic carbocycles. The molecule has 3 heterocycles. The molecule has 0 bridgehead atoms. The van der Waals surface area contributed by atoms with E-state index < -0.39 is 18.4 Å². The van der Waals surface area contributed by atoms with Crippen molar-refractivity contribution in [1.29, 1.82) is 0 Å². The van der Waals surface area contributed by atoms with Gasteiger partial charge in [-0.2, -0.15) is 9.97 Å². The molecule has 2 aromatic heterocycles. The van der Waals surface area contributed by atoms with E-state index in [1.165, 1.54) is 0 Å². The summed E-state index contributed by atoms with van der Waals surface area (Å²) in [6.45, 7) is 3.50. The van der Waals surface area contributed by atoms with Crippen molar-refractivity contribution < 1.29 is 14.6 Å². The van der Waals surface area contributed by atoms with Crippen molar-refractivity contribution in [3.63, 3.8) is 0 Å². The van der Waals surface area contributed by atoms with E-state index in [2.05, 4.69) is 25.0 Å². The van der Waals surface area contributed by atoms with Gasteiger partial charge in [0.2, 0.25) is 11.8 Å². The molecule has 128 valence electrons. The van der Waals surface area contributed by atoms with E-state index in [4.69, 9.17) is 20.7 Å². The molecule has 3 N–H and O–H groups in total. The summed E-state index contributed by atoms with van der Waals surface area (Å²) in [6, 6.07) is -0.466. The van der Waals surface area contributed by atoms with Crippen molar-refractivity contribution in [3.05, 3.63) is 16.8 Å². The van der Waals surface area contributed by atoms with Crippen LogP contribution in [0.3, 0.4) is 0 Å². The first-order chi connectivity index (χ1) is 11.5. The number of fused-ring (bicyclic) bond motifs is 1. The number of azide groups is 1. The van der Waals surface area contributed by atoms with E-state index in [0.29, 0.717) is 23.5 Å². The zero-order valence-electron chi connectivity index (χ0n) is 13.3. The highest BCUT2D eigenvalue weighted by atomic mass is 16.5. The zero-order chi connectivity index (χ0) is 17.3. The molecular formula is C13H18N8O3. The highest BCUT2D eigenvalue weighted by Crippen LogP contribution is 2.35. The number of hydrogen-bond acceptors (Lipinski definition) is 8. The number of rotatable bonds is 5. The molecule has 24 heavy (non-hydrogen) atoms. The van der Waals surface area contributed by atoms with E-state index in [-0.39, 0.29) is 18.7 Å². The van der Waals surface area contributed by atoms with Gasteiger partial charge in [-0.3, -0.25) is 4.57 Å². The maximum atomic E-state index is 9.40. The van der Waals surface area contributed by atoms with Gasteiger partial charge in [0, 0.05) is 11.3 Å². The Labute approximate surface area is 137 Å². The van der Waals surface area contributed by atoms with Gasteiger partial charge in [0.15, 0.2) is 11.2 Å². The summed E-state index contributed by atoms with van der Waals surface area (Å²) in [7, 11) is 0. The second kappa shape index (κ2) is 6.48. The van der Waals surface area contributed by atoms with Crippen LogP contribution in [0.1, 0.15) is 26.5 Å². The van der Waals surface area contributed by atoms with Gasteiger partial charge >= 0.3 is 0 Å². The van der Waals surface area contributed by atoms with E-state index >= 15 is 0 Å². The first kappa shape index (κ1) is 16.2. The molecule has 2 aromatic rings. The Morgan fingerprint density at radius 1 is 1.58 bits per heavy atom. The lowest BCUT2D eigenvalue weighted by Crippen LogP contribution is -2.22. The second-order valence-electron chi connectivity index (χ2n) is 5.70. The summed E-state index contributed by atoms with van der Waals surface area (Å²) in [5.74, 6) is 0.373. The summed E-state index contributed by atoms with van der Waals surface area (Å²) in [4.78, 5) is 15.3. The van der Waals surface area contributed by atoms with Crippen LogP contribution in [0.5, 0.6) is 5.88 Å². The molecule has 1 aliphatic rings. The van der Waals surface area contributed by atoms with Crippen LogP contribution in [0.2, 0.25) is 0 Å². The Morgan fingerprint density at radius 2 is 2.38 bits per heavy atom. The maximum absolute atomic E-state index is 9.40. The third-order valence-corrected chi connectivity index (χ3v) is 3.66. The summed E-state index contributed by atoms with van der Waals surface area (Å²) < 4.78 is 13.2. The van der Waals surface area contributed by atoms with Gasteiger partial charge < -0.3 is 20.3 Å². The minimum Gasteiger partial charge on any atom is -0.473 e. The predicted molar refractivity (Wildman–Crippen MR) is 84.0 cm³/mol. The maximum Gasteiger partial charge on any atom is 0.245 e. The molecule has 0 amide bonds. The van der Waals surface area contributed by atoms with Gasteiger partial charge in [0.25, 0.3) is 0 Å². The molecule has 0 radical (unpaired) electrons. The van der Waals surface area contributed by atoms with Crippen LogP contribution < -0.4 is 10.5 Å². The van der Waals surface area contributed by atoms with E-state index in [0.717, 1.165) is 0 Å². The Kier molecular flexibility index (Phi) is 4.38. The number of nitrogens with two attached hydrogens (primary N) is 1. The number of ether oxygens (including phenoxy) is 2. The van der Waals surface area contributed by atoms with Crippen molar-refractivity contribution in [3.8, 4) is 5.88 Å². The van der Waals surface area contributed by atoms with Crippen LogP contribution in [0.15, 0.2) is 11.4 Å². The highest BCUT2D eigenvalue weighted by molar-refractivity contribution is 5.77. The summed E-state index contributed by atoms with van der Waals surface area (Å²) in [6.07, 6.45) is 0.767. The Balaban J connectivity index is 2.02. The van der Waals surface area contributed by atoms with E-state index in [1.54, 1.807) is 10.9 Å². The Bertz CT molecular complexity index is 785. The molecular weight excluding hydrogens is 316 g/mol. The van der Waals surface area contributed by atoms with Crippen LogP contribution in [0.25, 0.3) is 21.6 Å². The average Bonchev–Trinajstić information content (AvgIpc) is 3.10. The molecule has 3 atom stereocenters. The fraction of sp³-hybridized carbons (Fsp3) is 0.615.